The van der Waals surface area contributed by atoms with E-state index >= 15 is 0 Å². The number of aromatic nitrogens is 1. The molecule has 0 aliphatic rings. The number of carbonyl (C=O) groups excluding carboxylic acids is 1. The van der Waals surface area contributed by atoms with E-state index < -0.39 is 0 Å². The summed E-state index contributed by atoms with van der Waals surface area (Å²) in [6.07, 6.45) is 0. The van der Waals surface area contributed by atoms with Gasteiger partial charge >= 0.3 is 0 Å². The first kappa shape index (κ1) is 19.6. The Morgan fingerprint density at radius 2 is 1.71 bits per heavy atom. The second kappa shape index (κ2) is 8.06. The number of hydrogen-bond acceptors (Lipinski definition) is 3. The number of fused-ring (bicyclic) bond motifs is 2. The summed E-state index contributed by atoms with van der Waals surface area (Å²) >= 11 is 12.1. The molecule has 0 atom stereocenters. The van der Waals surface area contributed by atoms with Crippen LogP contribution in [0.15, 0.2) is 83.3 Å². The minimum Gasteiger partial charge on any atom is -0.454 e. The highest BCUT2D eigenvalue weighted by atomic mass is 35.5. The molecule has 152 valence electrons. The zero-order chi connectivity index (χ0) is 21.4. The molecule has 0 saturated carbocycles. The van der Waals surface area contributed by atoms with Crippen LogP contribution in [0.1, 0.15) is 15.9 Å². The van der Waals surface area contributed by atoms with Gasteiger partial charge in [0, 0.05) is 17.3 Å². The number of para-hydroxylation sites is 2. The SMILES string of the molecule is O=C(NCc1ccc(Cl)c(Cl)c1)c1cc(-c2cc3ccccc3o2)nc2ccccc12. The van der Waals surface area contributed by atoms with E-state index in [0.29, 0.717) is 33.6 Å². The first-order valence-electron chi connectivity index (χ1n) is 9.69. The van der Waals surface area contributed by atoms with Crippen molar-refractivity contribution >= 4 is 51.0 Å². The standard InChI is InChI=1S/C25H16Cl2N2O2/c26-19-10-9-15(11-20(19)27)14-28-25(30)18-13-22(29-21-7-3-2-6-17(18)21)24-12-16-5-1-4-8-23(16)31-24/h1-13H,14H2,(H,28,30). The summed E-state index contributed by atoms with van der Waals surface area (Å²) in [5.41, 5.74) is 3.49. The normalized spacial score (nSPS) is 11.2. The van der Waals surface area contributed by atoms with Gasteiger partial charge in [0.2, 0.25) is 0 Å². The molecule has 1 amide bonds. The van der Waals surface area contributed by atoms with Gasteiger partial charge in [0.1, 0.15) is 11.3 Å². The molecule has 4 nitrogen and oxygen atoms in total. The first-order chi connectivity index (χ1) is 15.1. The van der Waals surface area contributed by atoms with Crippen LogP contribution in [-0.4, -0.2) is 10.9 Å². The number of furan rings is 1. The Morgan fingerprint density at radius 1 is 0.903 bits per heavy atom. The Hall–Kier alpha value is -3.34. The van der Waals surface area contributed by atoms with Gasteiger partial charge in [-0.05, 0) is 42.0 Å². The number of halogens is 2. The highest BCUT2D eigenvalue weighted by Crippen LogP contribution is 2.30. The Labute approximate surface area is 188 Å². The Morgan fingerprint density at radius 3 is 2.55 bits per heavy atom. The molecule has 2 heterocycles. The quantitative estimate of drug-likeness (QED) is 0.327. The third-order valence-electron chi connectivity index (χ3n) is 5.08. The van der Waals surface area contributed by atoms with Crippen molar-refractivity contribution in [1.29, 1.82) is 0 Å². The Balaban J connectivity index is 1.52. The van der Waals surface area contributed by atoms with Crippen molar-refractivity contribution in [3.63, 3.8) is 0 Å². The van der Waals surface area contributed by atoms with Gasteiger partial charge in [-0.25, -0.2) is 4.98 Å². The second-order valence-corrected chi connectivity index (χ2v) is 7.97. The molecule has 0 fully saturated rings. The lowest BCUT2D eigenvalue weighted by atomic mass is 10.1. The summed E-state index contributed by atoms with van der Waals surface area (Å²) in [5.74, 6) is 0.410. The van der Waals surface area contributed by atoms with E-state index in [9.17, 15) is 4.79 Å². The molecule has 0 saturated heterocycles. The number of pyridine rings is 1. The van der Waals surface area contributed by atoms with E-state index in [4.69, 9.17) is 32.6 Å². The molecule has 1 N–H and O–H groups in total. The van der Waals surface area contributed by atoms with Crippen LogP contribution in [0.5, 0.6) is 0 Å². The van der Waals surface area contributed by atoms with Crippen molar-refractivity contribution in [2.45, 2.75) is 6.54 Å². The van der Waals surface area contributed by atoms with Crippen LogP contribution in [0.25, 0.3) is 33.3 Å². The van der Waals surface area contributed by atoms with Crippen molar-refractivity contribution in [2.75, 3.05) is 0 Å². The van der Waals surface area contributed by atoms with Crippen LogP contribution in [0.3, 0.4) is 0 Å². The highest BCUT2D eigenvalue weighted by Gasteiger charge is 2.16. The van der Waals surface area contributed by atoms with E-state index in [1.807, 2.05) is 60.7 Å². The van der Waals surface area contributed by atoms with Gasteiger partial charge in [0.05, 0.1) is 21.1 Å². The molecule has 6 heteroatoms. The minimum atomic E-state index is -0.206. The third kappa shape index (κ3) is 3.88. The zero-order valence-corrected chi connectivity index (χ0v) is 17.7. The number of nitrogens with one attached hydrogen (secondary N) is 1. The summed E-state index contributed by atoms with van der Waals surface area (Å²) in [7, 11) is 0. The van der Waals surface area contributed by atoms with Gasteiger partial charge in [-0.1, -0.05) is 65.7 Å². The first-order valence-corrected chi connectivity index (χ1v) is 10.4. The van der Waals surface area contributed by atoms with Crippen molar-refractivity contribution in [3.05, 3.63) is 100 Å². The molecule has 2 aromatic heterocycles. The van der Waals surface area contributed by atoms with Crippen LogP contribution in [0, 0.1) is 0 Å². The van der Waals surface area contributed by atoms with Gasteiger partial charge in [0.15, 0.2) is 5.76 Å². The molecule has 31 heavy (non-hydrogen) atoms. The summed E-state index contributed by atoms with van der Waals surface area (Å²) in [6, 6.07) is 24.3. The third-order valence-corrected chi connectivity index (χ3v) is 5.81. The van der Waals surface area contributed by atoms with Crippen LogP contribution in [-0.2, 0) is 6.54 Å². The summed E-state index contributed by atoms with van der Waals surface area (Å²) < 4.78 is 5.97. The summed E-state index contributed by atoms with van der Waals surface area (Å²) in [6.45, 7) is 0.326. The van der Waals surface area contributed by atoms with Gasteiger partial charge in [-0.2, -0.15) is 0 Å². The largest absolute Gasteiger partial charge is 0.454 e. The molecule has 0 radical (unpaired) electrons. The average molecular weight is 447 g/mol. The second-order valence-electron chi connectivity index (χ2n) is 7.15. The number of rotatable bonds is 4. The van der Waals surface area contributed by atoms with E-state index in [0.717, 1.165) is 27.4 Å². The van der Waals surface area contributed by atoms with Gasteiger partial charge in [-0.15, -0.1) is 0 Å². The lowest BCUT2D eigenvalue weighted by molar-refractivity contribution is 0.0952. The van der Waals surface area contributed by atoms with Crippen molar-refractivity contribution in [3.8, 4) is 11.5 Å². The molecule has 0 spiro atoms. The fourth-order valence-corrected chi connectivity index (χ4v) is 3.85. The van der Waals surface area contributed by atoms with Crippen molar-refractivity contribution in [2.24, 2.45) is 0 Å². The Bertz CT molecular complexity index is 1410. The number of benzene rings is 3. The molecule has 0 bridgehead atoms. The maximum Gasteiger partial charge on any atom is 0.252 e. The van der Waals surface area contributed by atoms with Crippen LogP contribution in [0.4, 0.5) is 0 Å². The molecular weight excluding hydrogens is 431 g/mol. The predicted molar refractivity (Wildman–Crippen MR) is 125 cm³/mol. The molecule has 0 unspecified atom stereocenters. The number of nitrogens with zero attached hydrogens (tertiary/aromatic N) is 1. The average Bonchev–Trinajstić information content (AvgIpc) is 3.23. The maximum absolute atomic E-state index is 13.1. The molecular formula is C25H16Cl2N2O2. The highest BCUT2D eigenvalue weighted by molar-refractivity contribution is 6.42. The van der Waals surface area contributed by atoms with Crippen molar-refractivity contribution < 1.29 is 9.21 Å². The van der Waals surface area contributed by atoms with Crippen LogP contribution < -0.4 is 5.32 Å². The monoisotopic (exact) mass is 446 g/mol. The van der Waals surface area contributed by atoms with Crippen molar-refractivity contribution in [1.82, 2.24) is 10.3 Å². The smallest absolute Gasteiger partial charge is 0.252 e. The van der Waals surface area contributed by atoms with Gasteiger partial charge in [-0.3, -0.25) is 4.79 Å². The molecule has 3 aromatic carbocycles. The predicted octanol–water partition coefficient (Wildman–Crippen LogP) is 6.88. The number of carbonyl (C=O) groups is 1. The zero-order valence-electron chi connectivity index (χ0n) is 16.2. The van der Waals surface area contributed by atoms with Crippen LogP contribution >= 0.6 is 23.2 Å². The fraction of sp³-hybridized carbons (Fsp3) is 0.0400. The lowest BCUT2D eigenvalue weighted by Crippen LogP contribution is -2.23. The summed E-state index contributed by atoms with van der Waals surface area (Å²) in [5, 5.41) is 5.65. The molecule has 5 aromatic rings. The van der Waals surface area contributed by atoms with Crippen LogP contribution in [0.2, 0.25) is 10.0 Å². The van der Waals surface area contributed by atoms with E-state index in [2.05, 4.69) is 5.32 Å². The summed E-state index contributed by atoms with van der Waals surface area (Å²) in [4.78, 5) is 17.8. The lowest BCUT2D eigenvalue weighted by Gasteiger charge is -2.10. The topological polar surface area (TPSA) is 55.1 Å². The molecule has 5 rings (SSSR count). The number of amides is 1. The van der Waals surface area contributed by atoms with E-state index in [-0.39, 0.29) is 5.91 Å². The molecule has 0 aliphatic heterocycles. The maximum atomic E-state index is 13.1. The molecule has 0 aliphatic carbocycles. The van der Waals surface area contributed by atoms with Gasteiger partial charge in [0.25, 0.3) is 5.91 Å². The number of hydrogen-bond donors (Lipinski definition) is 1. The Kier molecular flexibility index (Phi) is 5.10. The van der Waals surface area contributed by atoms with E-state index in [1.165, 1.54) is 0 Å². The van der Waals surface area contributed by atoms with E-state index in [1.54, 1.807) is 18.2 Å². The van der Waals surface area contributed by atoms with Gasteiger partial charge < -0.3 is 9.73 Å². The minimum absolute atomic E-state index is 0.206. The fourth-order valence-electron chi connectivity index (χ4n) is 3.52.